The second-order valence-corrected chi connectivity index (χ2v) is 3.32. The molecule has 0 saturated heterocycles. The maximum Gasteiger partial charge on any atom is 0.310 e. The lowest BCUT2D eigenvalue weighted by molar-refractivity contribution is -0.139. The Labute approximate surface area is 86.6 Å². The number of hydrogen-bond acceptors (Lipinski definition) is 2. The minimum absolute atomic E-state index is 0.136. The van der Waals surface area contributed by atoms with Crippen LogP contribution in [0.5, 0.6) is 0 Å². The molecule has 4 heteroatoms. The second-order valence-electron chi connectivity index (χ2n) is 2.91. The van der Waals surface area contributed by atoms with Crippen molar-refractivity contribution in [3.63, 3.8) is 0 Å². The first kappa shape index (κ1) is 11.0. The van der Waals surface area contributed by atoms with Gasteiger partial charge in [0.05, 0.1) is 13.5 Å². The predicted octanol–water partition coefficient (Wildman–Crippen LogP) is 2.50. The normalized spacial score (nSPS) is 10.0. The van der Waals surface area contributed by atoms with Crippen LogP contribution in [0, 0.1) is 12.7 Å². The van der Waals surface area contributed by atoms with Crippen LogP contribution in [0.3, 0.4) is 0 Å². The topological polar surface area (TPSA) is 26.3 Å². The number of benzene rings is 1. The maximum atomic E-state index is 13.5. The molecule has 0 amide bonds. The minimum atomic E-state index is -0.503. The van der Waals surface area contributed by atoms with Crippen molar-refractivity contribution in [3.05, 3.63) is 34.1 Å². The van der Waals surface area contributed by atoms with E-state index in [4.69, 9.17) is 11.6 Å². The number of halogens is 2. The third kappa shape index (κ3) is 2.23. The molecule has 0 aliphatic carbocycles. The van der Waals surface area contributed by atoms with Crippen LogP contribution in [0.1, 0.15) is 11.1 Å². The zero-order chi connectivity index (χ0) is 10.7. The lowest BCUT2D eigenvalue weighted by Crippen LogP contribution is -2.07. The molecule has 1 aromatic rings. The molecule has 0 aromatic heterocycles. The van der Waals surface area contributed by atoms with E-state index in [1.807, 2.05) is 0 Å². The van der Waals surface area contributed by atoms with Crippen LogP contribution in [-0.2, 0) is 16.0 Å². The molecule has 2 nitrogen and oxygen atoms in total. The van der Waals surface area contributed by atoms with Gasteiger partial charge in [-0.1, -0.05) is 17.7 Å². The Bertz CT molecular complexity index is 363. The van der Waals surface area contributed by atoms with E-state index in [-0.39, 0.29) is 17.0 Å². The van der Waals surface area contributed by atoms with Crippen LogP contribution in [0.15, 0.2) is 12.1 Å². The van der Waals surface area contributed by atoms with Crippen molar-refractivity contribution in [1.29, 1.82) is 0 Å². The number of carbonyl (C=O) groups excluding carboxylic acids is 1. The SMILES string of the molecule is COC(=O)Cc1c(Cl)ccc(C)c1F. The summed E-state index contributed by atoms with van der Waals surface area (Å²) in [5.41, 5.74) is 0.659. The summed E-state index contributed by atoms with van der Waals surface area (Å²) in [6.45, 7) is 1.62. The fourth-order valence-electron chi connectivity index (χ4n) is 1.09. The fraction of sp³-hybridized carbons (Fsp3) is 0.300. The van der Waals surface area contributed by atoms with Crippen LogP contribution >= 0.6 is 11.6 Å². The van der Waals surface area contributed by atoms with Crippen LogP contribution in [-0.4, -0.2) is 13.1 Å². The number of aryl methyl sites for hydroxylation is 1. The zero-order valence-electron chi connectivity index (χ0n) is 7.93. The average Bonchev–Trinajstić information content (AvgIpc) is 2.18. The summed E-state index contributed by atoms with van der Waals surface area (Å²) in [4.78, 5) is 10.9. The van der Waals surface area contributed by atoms with Gasteiger partial charge in [-0.15, -0.1) is 0 Å². The van der Waals surface area contributed by atoms with Crippen molar-refractivity contribution >= 4 is 17.6 Å². The van der Waals surface area contributed by atoms with Gasteiger partial charge in [-0.25, -0.2) is 4.39 Å². The first-order chi connectivity index (χ1) is 6.56. The molecule has 0 atom stereocenters. The van der Waals surface area contributed by atoms with Gasteiger partial charge in [0.25, 0.3) is 0 Å². The van der Waals surface area contributed by atoms with Crippen molar-refractivity contribution in [1.82, 2.24) is 0 Å². The van der Waals surface area contributed by atoms with Crippen LogP contribution < -0.4 is 0 Å². The first-order valence-electron chi connectivity index (χ1n) is 4.06. The van der Waals surface area contributed by atoms with Crippen LogP contribution in [0.4, 0.5) is 4.39 Å². The van der Waals surface area contributed by atoms with Gasteiger partial charge >= 0.3 is 5.97 Å². The van der Waals surface area contributed by atoms with Gasteiger partial charge < -0.3 is 4.74 Å². The molecule has 76 valence electrons. The van der Waals surface area contributed by atoms with Crippen molar-refractivity contribution in [3.8, 4) is 0 Å². The molecule has 1 rings (SSSR count). The summed E-state index contributed by atoms with van der Waals surface area (Å²) in [7, 11) is 1.25. The lowest BCUT2D eigenvalue weighted by atomic mass is 10.1. The highest BCUT2D eigenvalue weighted by molar-refractivity contribution is 6.31. The van der Waals surface area contributed by atoms with E-state index in [0.29, 0.717) is 5.56 Å². The lowest BCUT2D eigenvalue weighted by Gasteiger charge is -2.06. The Hall–Kier alpha value is -1.09. The van der Waals surface area contributed by atoms with Crippen molar-refractivity contribution in [2.24, 2.45) is 0 Å². The van der Waals surface area contributed by atoms with Gasteiger partial charge in [-0.3, -0.25) is 4.79 Å². The highest BCUT2D eigenvalue weighted by atomic mass is 35.5. The Morgan fingerprint density at radius 3 is 2.79 bits per heavy atom. The number of esters is 1. The Kier molecular flexibility index (Phi) is 3.47. The Morgan fingerprint density at radius 1 is 1.57 bits per heavy atom. The summed E-state index contributed by atoms with van der Waals surface area (Å²) in [6.07, 6.45) is -0.136. The van der Waals surface area contributed by atoms with Crippen molar-refractivity contribution < 1.29 is 13.9 Å². The third-order valence-corrected chi connectivity index (χ3v) is 2.28. The van der Waals surface area contributed by atoms with E-state index in [1.54, 1.807) is 19.1 Å². The minimum Gasteiger partial charge on any atom is -0.469 e. The van der Waals surface area contributed by atoms with E-state index in [2.05, 4.69) is 4.74 Å². The van der Waals surface area contributed by atoms with Gasteiger partial charge in [-0.2, -0.15) is 0 Å². The Morgan fingerprint density at radius 2 is 2.21 bits per heavy atom. The van der Waals surface area contributed by atoms with E-state index >= 15 is 0 Å². The van der Waals surface area contributed by atoms with Crippen molar-refractivity contribution in [2.45, 2.75) is 13.3 Å². The fourth-order valence-corrected chi connectivity index (χ4v) is 1.31. The first-order valence-corrected chi connectivity index (χ1v) is 4.44. The molecule has 0 unspecified atom stereocenters. The second kappa shape index (κ2) is 4.42. The highest BCUT2D eigenvalue weighted by Crippen LogP contribution is 2.22. The van der Waals surface area contributed by atoms with Crippen LogP contribution in [0.25, 0.3) is 0 Å². The number of carbonyl (C=O) groups is 1. The summed E-state index contributed by atoms with van der Waals surface area (Å²) in [6, 6.07) is 3.14. The third-order valence-electron chi connectivity index (χ3n) is 1.93. The summed E-state index contributed by atoms with van der Waals surface area (Å²) >= 11 is 5.75. The molecule has 1 aromatic carbocycles. The molecule has 14 heavy (non-hydrogen) atoms. The smallest absolute Gasteiger partial charge is 0.310 e. The highest BCUT2D eigenvalue weighted by Gasteiger charge is 2.13. The molecule has 0 bridgehead atoms. The molecule has 0 fully saturated rings. The summed E-state index contributed by atoms with van der Waals surface area (Å²) in [5, 5.41) is 0.249. The molecule has 0 radical (unpaired) electrons. The molecular formula is C10H10ClFO2. The zero-order valence-corrected chi connectivity index (χ0v) is 8.69. The molecule has 0 aliphatic heterocycles. The van der Waals surface area contributed by atoms with Gasteiger partial charge in [0.15, 0.2) is 0 Å². The monoisotopic (exact) mass is 216 g/mol. The number of hydrogen-bond donors (Lipinski definition) is 0. The molecule has 0 aliphatic rings. The van der Waals surface area contributed by atoms with Crippen LogP contribution in [0.2, 0.25) is 5.02 Å². The number of rotatable bonds is 2. The summed E-state index contributed by atoms with van der Waals surface area (Å²) < 4.78 is 17.9. The summed E-state index contributed by atoms with van der Waals surface area (Å²) in [5.74, 6) is -0.945. The molecule has 0 heterocycles. The Balaban J connectivity index is 3.06. The molecule has 0 spiro atoms. The predicted molar refractivity (Wildman–Crippen MR) is 51.9 cm³/mol. The largest absolute Gasteiger partial charge is 0.469 e. The standard InChI is InChI=1S/C10H10ClFO2/c1-6-3-4-8(11)7(10(6)12)5-9(13)14-2/h3-4H,5H2,1-2H3. The van der Waals surface area contributed by atoms with E-state index in [0.717, 1.165) is 0 Å². The average molecular weight is 217 g/mol. The van der Waals surface area contributed by atoms with Gasteiger partial charge in [0.2, 0.25) is 0 Å². The van der Waals surface area contributed by atoms with E-state index in [1.165, 1.54) is 7.11 Å². The molecule has 0 saturated carbocycles. The van der Waals surface area contributed by atoms with Crippen molar-refractivity contribution in [2.75, 3.05) is 7.11 Å². The van der Waals surface area contributed by atoms with E-state index < -0.39 is 11.8 Å². The quantitative estimate of drug-likeness (QED) is 0.710. The number of methoxy groups -OCH3 is 1. The maximum absolute atomic E-state index is 13.5. The van der Waals surface area contributed by atoms with Gasteiger partial charge in [-0.05, 0) is 18.6 Å². The van der Waals surface area contributed by atoms with E-state index in [9.17, 15) is 9.18 Å². The number of ether oxygens (including phenoxy) is 1. The molecular weight excluding hydrogens is 207 g/mol. The molecule has 0 N–H and O–H groups in total. The van der Waals surface area contributed by atoms with Gasteiger partial charge in [0, 0.05) is 10.6 Å². The van der Waals surface area contributed by atoms with Gasteiger partial charge in [0.1, 0.15) is 5.82 Å².